The summed E-state index contributed by atoms with van der Waals surface area (Å²) in [5, 5.41) is 7.03. The molecule has 0 aromatic carbocycles. The average Bonchev–Trinajstić information content (AvgIpc) is 2.30. The first kappa shape index (κ1) is 7.50. The lowest BCUT2D eigenvalue weighted by atomic mass is 10.2. The van der Waals surface area contributed by atoms with Crippen LogP contribution >= 0.6 is 9.39 Å². The van der Waals surface area contributed by atoms with E-state index in [4.69, 9.17) is 0 Å². The van der Waals surface area contributed by atoms with Crippen molar-refractivity contribution in [1.29, 1.82) is 0 Å². The first-order valence-electron chi connectivity index (χ1n) is 3.57. The Morgan fingerprint density at radius 1 is 1.67 bits per heavy atom. The SMILES string of the molecule is O=C1C=CCNc2c1cnn2P. The molecular formula is C7H8N3OP. The fraction of sp³-hybridized carbons (Fsp3) is 0.143. The van der Waals surface area contributed by atoms with Crippen molar-refractivity contribution in [3.05, 3.63) is 23.9 Å². The molecule has 0 radical (unpaired) electrons. The number of anilines is 1. The molecule has 62 valence electrons. The van der Waals surface area contributed by atoms with Crippen molar-refractivity contribution in [1.82, 2.24) is 9.55 Å². The van der Waals surface area contributed by atoms with Crippen LogP contribution in [-0.4, -0.2) is 21.9 Å². The number of rotatable bonds is 0. The Bertz CT molecular complexity index is 356. The van der Waals surface area contributed by atoms with Crippen LogP contribution in [0.2, 0.25) is 0 Å². The molecule has 1 aromatic rings. The summed E-state index contributed by atoms with van der Waals surface area (Å²) >= 11 is 0. The third kappa shape index (κ3) is 1.04. The van der Waals surface area contributed by atoms with Crippen LogP contribution in [0.1, 0.15) is 10.4 Å². The minimum atomic E-state index is 0.00343. The van der Waals surface area contributed by atoms with Crippen LogP contribution in [0.3, 0.4) is 0 Å². The number of carbonyl (C=O) groups excluding carboxylic acids is 1. The molecular weight excluding hydrogens is 173 g/mol. The second kappa shape index (κ2) is 2.72. The van der Waals surface area contributed by atoms with Gasteiger partial charge in [0.2, 0.25) is 0 Å². The number of hydrogen-bond acceptors (Lipinski definition) is 3. The standard InChI is InChI=1S/C7H8N3OP/c11-6-2-1-3-8-7-5(6)4-9-10(7)12/h1-2,4,8H,3,12H2. The first-order chi connectivity index (χ1) is 5.79. The molecule has 0 spiro atoms. The minimum Gasteiger partial charge on any atom is -0.366 e. The van der Waals surface area contributed by atoms with E-state index in [2.05, 4.69) is 19.8 Å². The highest BCUT2D eigenvalue weighted by molar-refractivity contribution is 7.14. The highest BCUT2D eigenvalue weighted by atomic mass is 31.0. The molecule has 2 rings (SSSR count). The second-order valence-electron chi connectivity index (χ2n) is 2.50. The Hall–Kier alpha value is -1.15. The summed E-state index contributed by atoms with van der Waals surface area (Å²) in [6.07, 6.45) is 4.92. The van der Waals surface area contributed by atoms with Crippen LogP contribution in [0, 0.1) is 0 Å². The van der Waals surface area contributed by atoms with Gasteiger partial charge in [-0.2, -0.15) is 5.10 Å². The normalized spacial score (nSPS) is 15.2. The predicted octanol–water partition coefficient (Wildman–Crippen LogP) is 0.686. The van der Waals surface area contributed by atoms with Gasteiger partial charge in [0.05, 0.1) is 11.8 Å². The van der Waals surface area contributed by atoms with Crippen molar-refractivity contribution in [3.63, 3.8) is 0 Å². The molecule has 1 aliphatic heterocycles. The van der Waals surface area contributed by atoms with E-state index in [-0.39, 0.29) is 5.78 Å². The zero-order chi connectivity index (χ0) is 8.55. The van der Waals surface area contributed by atoms with Crippen LogP contribution in [0.5, 0.6) is 0 Å². The van der Waals surface area contributed by atoms with Gasteiger partial charge in [-0.05, 0) is 15.5 Å². The molecule has 5 heteroatoms. The van der Waals surface area contributed by atoms with Crippen LogP contribution in [0.25, 0.3) is 0 Å². The molecule has 2 heterocycles. The number of hydrogen-bond donors (Lipinski definition) is 1. The Balaban J connectivity index is 2.55. The number of fused-ring (bicyclic) bond motifs is 1. The van der Waals surface area contributed by atoms with E-state index in [1.54, 1.807) is 22.8 Å². The number of nitrogens with zero attached hydrogens (tertiary/aromatic N) is 2. The molecule has 0 bridgehead atoms. The largest absolute Gasteiger partial charge is 0.366 e. The molecule has 1 N–H and O–H groups in total. The maximum absolute atomic E-state index is 11.3. The molecule has 1 aliphatic rings. The van der Waals surface area contributed by atoms with Gasteiger partial charge in [0.15, 0.2) is 5.78 Å². The summed E-state index contributed by atoms with van der Waals surface area (Å²) in [5.74, 6) is 0.763. The van der Waals surface area contributed by atoms with Gasteiger partial charge in [0.1, 0.15) is 5.82 Å². The van der Waals surface area contributed by atoms with Crippen LogP contribution < -0.4 is 5.32 Å². The summed E-state index contributed by atoms with van der Waals surface area (Å²) < 4.78 is 1.58. The van der Waals surface area contributed by atoms with Gasteiger partial charge in [-0.1, -0.05) is 6.08 Å². The average molecular weight is 181 g/mol. The van der Waals surface area contributed by atoms with Crippen molar-refractivity contribution in [2.24, 2.45) is 0 Å². The van der Waals surface area contributed by atoms with Crippen molar-refractivity contribution < 1.29 is 4.79 Å². The highest BCUT2D eigenvalue weighted by Gasteiger charge is 2.14. The number of carbonyl (C=O) groups is 1. The Kier molecular flexibility index (Phi) is 1.70. The molecule has 0 amide bonds. The Labute approximate surface area is 71.9 Å². The van der Waals surface area contributed by atoms with Gasteiger partial charge >= 0.3 is 0 Å². The van der Waals surface area contributed by atoms with E-state index in [0.29, 0.717) is 12.1 Å². The Morgan fingerprint density at radius 2 is 2.50 bits per heavy atom. The second-order valence-corrected chi connectivity index (χ2v) is 2.99. The van der Waals surface area contributed by atoms with Gasteiger partial charge in [-0.15, -0.1) is 0 Å². The number of allylic oxidation sites excluding steroid dienone is 1. The molecule has 4 nitrogen and oxygen atoms in total. The maximum atomic E-state index is 11.3. The molecule has 1 atom stereocenters. The molecule has 0 fully saturated rings. The van der Waals surface area contributed by atoms with Gasteiger partial charge in [-0.25, -0.2) is 4.45 Å². The van der Waals surface area contributed by atoms with Crippen LogP contribution in [-0.2, 0) is 0 Å². The third-order valence-electron chi connectivity index (χ3n) is 1.72. The number of aromatic nitrogens is 2. The van der Waals surface area contributed by atoms with Crippen LogP contribution in [0.4, 0.5) is 5.82 Å². The molecule has 0 saturated heterocycles. The summed E-state index contributed by atoms with van der Waals surface area (Å²) in [4.78, 5) is 11.3. The van der Waals surface area contributed by atoms with Gasteiger partial charge < -0.3 is 5.32 Å². The fourth-order valence-corrected chi connectivity index (χ4v) is 1.43. The lowest BCUT2D eigenvalue weighted by molar-refractivity contribution is 0.104. The first-order valence-corrected chi connectivity index (χ1v) is 4.08. The van der Waals surface area contributed by atoms with E-state index in [0.717, 1.165) is 5.82 Å². The van der Waals surface area contributed by atoms with Gasteiger partial charge in [-0.3, -0.25) is 4.79 Å². The minimum absolute atomic E-state index is 0.00343. The predicted molar refractivity (Wildman–Crippen MR) is 49.3 cm³/mol. The third-order valence-corrected chi connectivity index (χ3v) is 2.11. The smallest absolute Gasteiger partial charge is 0.190 e. The van der Waals surface area contributed by atoms with Crippen molar-refractivity contribution in [2.75, 3.05) is 11.9 Å². The van der Waals surface area contributed by atoms with E-state index in [9.17, 15) is 4.79 Å². The lowest BCUT2D eigenvalue weighted by Crippen LogP contribution is -2.02. The fourth-order valence-electron chi connectivity index (χ4n) is 1.13. The van der Waals surface area contributed by atoms with E-state index >= 15 is 0 Å². The molecule has 1 unspecified atom stereocenters. The molecule has 1 aromatic heterocycles. The molecule has 0 aliphatic carbocycles. The summed E-state index contributed by atoms with van der Waals surface area (Å²) in [6.45, 7) is 0.666. The number of ketones is 1. The highest BCUT2D eigenvalue weighted by Crippen LogP contribution is 2.19. The quantitative estimate of drug-likeness (QED) is 0.599. The molecule has 0 saturated carbocycles. The monoisotopic (exact) mass is 181 g/mol. The maximum Gasteiger partial charge on any atom is 0.190 e. The van der Waals surface area contributed by atoms with Crippen molar-refractivity contribution in [3.8, 4) is 0 Å². The van der Waals surface area contributed by atoms with Crippen molar-refractivity contribution in [2.45, 2.75) is 0 Å². The zero-order valence-corrected chi connectivity index (χ0v) is 7.47. The zero-order valence-electron chi connectivity index (χ0n) is 6.32. The van der Waals surface area contributed by atoms with E-state index in [1.807, 2.05) is 0 Å². The molecule has 12 heavy (non-hydrogen) atoms. The van der Waals surface area contributed by atoms with Gasteiger partial charge in [0.25, 0.3) is 0 Å². The van der Waals surface area contributed by atoms with Crippen LogP contribution in [0.15, 0.2) is 18.3 Å². The van der Waals surface area contributed by atoms with Gasteiger partial charge in [0, 0.05) is 6.54 Å². The summed E-state index contributed by atoms with van der Waals surface area (Å²) in [6, 6.07) is 0. The Morgan fingerprint density at radius 3 is 3.33 bits per heavy atom. The number of nitrogens with one attached hydrogen (secondary N) is 1. The summed E-state index contributed by atoms with van der Waals surface area (Å²) in [5.41, 5.74) is 0.624. The van der Waals surface area contributed by atoms with E-state index in [1.165, 1.54) is 0 Å². The topological polar surface area (TPSA) is 46.9 Å². The lowest BCUT2D eigenvalue weighted by Gasteiger charge is -2.02. The van der Waals surface area contributed by atoms with Crippen molar-refractivity contribution >= 4 is 21.0 Å². The van der Waals surface area contributed by atoms with E-state index < -0.39 is 0 Å². The summed E-state index contributed by atoms with van der Waals surface area (Å²) in [7, 11) is 2.42.